The minimum absolute atomic E-state index is 0.00962. The van der Waals surface area contributed by atoms with Crippen LogP contribution in [0.3, 0.4) is 0 Å². The van der Waals surface area contributed by atoms with Crippen molar-refractivity contribution in [3.8, 4) is 11.3 Å². The molecule has 5 heterocycles. The van der Waals surface area contributed by atoms with Crippen molar-refractivity contribution in [1.82, 2.24) is 24.6 Å². The summed E-state index contributed by atoms with van der Waals surface area (Å²) < 4.78 is 7.47. The average molecular weight is 441 g/mol. The number of anilines is 1. The van der Waals surface area contributed by atoms with Crippen LogP contribution in [0.5, 0.6) is 0 Å². The number of carbonyl (C=O) groups excluding carboxylic acids is 1. The summed E-state index contributed by atoms with van der Waals surface area (Å²) in [7, 11) is 0. The van der Waals surface area contributed by atoms with Crippen molar-refractivity contribution in [2.75, 3.05) is 37.7 Å². The van der Waals surface area contributed by atoms with E-state index in [1.54, 1.807) is 10.9 Å². The van der Waals surface area contributed by atoms with E-state index in [9.17, 15) is 9.90 Å². The summed E-state index contributed by atoms with van der Waals surface area (Å²) in [6.07, 6.45) is 10.4. The minimum atomic E-state index is -0.0796. The molecule has 1 N–H and O–H groups in total. The normalized spacial score (nSPS) is 23.4. The predicted molar refractivity (Wildman–Crippen MR) is 119 cm³/mol. The van der Waals surface area contributed by atoms with E-state index < -0.39 is 0 Å². The Balaban J connectivity index is 1.44. The van der Waals surface area contributed by atoms with E-state index >= 15 is 0 Å². The van der Waals surface area contributed by atoms with Gasteiger partial charge in [-0.1, -0.05) is 0 Å². The van der Waals surface area contributed by atoms with E-state index in [0.717, 1.165) is 87.7 Å². The molecule has 0 saturated carbocycles. The third-order valence-corrected chi connectivity index (χ3v) is 6.74. The number of aliphatic hydroxyl groups is 1. The predicted octanol–water partition coefficient (Wildman–Crippen LogP) is 2.17. The van der Waals surface area contributed by atoms with E-state index in [1.165, 1.54) is 0 Å². The molecule has 2 aromatic heterocycles. The van der Waals surface area contributed by atoms with Gasteiger partial charge in [0.25, 0.3) is 0 Å². The molecule has 2 atom stereocenters. The van der Waals surface area contributed by atoms with Crippen molar-refractivity contribution < 1.29 is 14.6 Å². The number of likely N-dealkylation sites (tertiary alicyclic amines) is 1. The molecule has 0 unspecified atom stereocenters. The summed E-state index contributed by atoms with van der Waals surface area (Å²) in [5, 5.41) is 14.3. The standard InChI is InChI=1S/C23H32N6O3/c30-13-12-28-16-18(19-7-8-24-23(25-19)27-9-1-2-10-27)22(26-28)20-6-3-11-29(20)21(31)15-17-5-4-14-32-17/h7-8,16-17,20,30H,1-6,9-15H2/t17-,20-/m1/s1. The van der Waals surface area contributed by atoms with Crippen LogP contribution in [0, 0.1) is 0 Å². The van der Waals surface area contributed by atoms with Crippen molar-refractivity contribution in [2.24, 2.45) is 0 Å². The molecule has 0 aliphatic carbocycles. The van der Waals surface area contributed by atoms with Crippen LogP contribution in [0.25, 0.3) is 11.3 Å². The number of aliphatic hydroxyl groups excluding tert-OH is 1. The van der Waals surface area contributed by atoms with Gasteiger partial charge in [0, 0.05) is 44.2 Å². The Bertz CT molecular complexity index is 936. The number of hydrogen-bond acceptors (Lipinski definition) is 7. The van der Waals surface area contributed by atoms with Crippen LogP contribution >= 0.6 is 0 Å². The highest BCUT2D eigenvalue weighted by molar-refractivity contribution is 5.78. The first-order chi connectivity index (χ1) is 15.7. The lowest BCUT2D eigenvalue weighted by Gasteiger charge is -2.25. The molecular formula is C23H32N6O3. The van der Waals surface area contributed by atoms with Gasteiger partial charge in [-0.15, -0.1) is 0 Å². The maximum Gasteiger partial charge on any atom is 0.225 e. The third kappa shape index (κ3) is 4.36. The van der Waals surface area contributed by atoms with Crippen LogP contribution in [-0.2, 0) is 16.1 Å². The van der Waals surface area contributed by atoms with Crippen molar-refractivity contribution in [2.45, 2.75) is 63.6 Å². The fraction of sp³-hybridized carbons (Fsp3) is 0.652. The van der Waals surface area contributed by atoms with Crippen molar-refractivity contribution in [3.05, 3.63) is 24.2 Å². The topological polar surface area (TPSA) is 96.6 Å². The first kappa shape index (κ1) is 21.3. The summed E-state index contributed by atoms with van der Waals surface area (Å²) in [5.41, 5.74) is 2.60. The second-order valence-corrected chi connectivity index (χ2v) is 8.94. The number of nitrogens with zero attached hydrogens (tertiary/aromatic N) is 6. The van der Waals surface area contributed by atoms with Crippen LogP contribution in [0.2, 0.25) is 0 Å². The highest BCUT2D eigenvalue weighted by atomic mass is 16.5. The lowest BCUT2D eigenvalue weighted by Crippen LogP contribution is -2.33. The average Bonchev–Trinajstić information content (AvgIpc) is 3.61. The molecule has 0 radical (unpaired) electrons. The summed E-state index contributed by atoms with van der Waals surface area (Å²) in [5.74, 6) is 0.890. The molecule has 3 aliphatic heterocycles. The molecule has 32 heavy (non-hydrogen) atoms. The van der Waals surface area contributed by atoms with Crippen LogP contribution in [0.1, 0.15) is 56.7 Å². The highest BCUT2D eigenvalue weighted by Crippen LogP contribution is 2.37. The number of ether oxygens (including phenoxy) is 1. The Kier molecular flexibility index (Phi) is 6.36. The zero-order chi connectivity index (χ0) is 21.9. The van der Waals surface area contributed by atoms with Gasteiger partial charge in [0.2, 0.25) is 11.9 Å². The Hall–Kier alpha value is -2.52. The Morgan fingerprint density at radius 1 is 1.16 bits per heavy atom. The van der Waals surface area contributed by atoms with Crippen LogP contribution in [0.4, 0.5) is 5.95 Å². The first-order valence-electron chi connectivity index (χ1n) is 11.9. The summed E-state index contributed by atoms with van der Waals surface area (Å²) in [6, 6.07) is 1.83. The maximum absolute atomic E-state index is 13.1. The zero-order valence-corrected chi connectivity index (χ0v) is 18.5. The van der Waals surface area contributed by atoms with Gasteiger partial charge in [-0.3, -0.25) is 9.48 Å². The summed E-state index contributed by atoms with van der Waals surface area (Å²) in [4.78, 5) is 26.7. The van der Waals surface area contributed by atoms with Gasteiger partial charge >= 0.3 is 0 Å². The zero-order valence-electron chi connectivity index (χ0n) is 18.5. The van der Waals surface area contributed by atoms with E-state index in [-0.39, 0.29) is 24.7 Å². The fourth-order valence-corrected chi connectivity index (χ4v) is 5.13. The third-order valence-electron chi connectivity index (χ3n) is 6.74. The van der Waals surface area contributed by atoms with Gasteiger partial charge in [-0.2, -0.15) is 5.10 Å². The molecule has 9 nitrogen and oxygen atoms in total. The number of carbonyl (C=O) groups is 1. The van der Waals surface area contributed by atoms with Gasteiger partial charge in [0.1, 0.15) is 0 Å². The smallest absolute Gasteiger partial charge is 0.225 e. The van der Waals surface area contributed by atoms with E-state index in [0.29, 0.717) is 13.0 Å². The molecule has 2 aromatic rings. The van der Waals surface area contributed by atoms with Gasteiger partial charge < -0.3 is 19.6 Å². The minimum Gasteiger partial charge on any atom is -0.394 e. The summed E-state index contributed by atoms with van der Waals surface area (Å²) in [6.45, 7) is 3.88. The van der Waals surface area contributed by atoms with Crippen LogP contribution in [-0.4, -0.2) is 74.6 Å². The van der Waals surface area contributed by atoms with Crippen molar-refractivity contribution in [3.63, 3.8) is 0 Å². The molecule has 3 fully saturated rings. The highest BCUT2D eigenvalue weighted by Gasteiger charge is 2.35. The number of hydrogen-bond donors (Lipinski definition) is 1. The monoisotopic (exact) mass is 440 g/mol. The molecule has 3 aliphatic rings. The van der Waals surface area contributed by atoms with E-state index in [2.05, 4.69) is 9.88 Å². The van der Waals surface area contributed by atoms with Crippen LogP contribution < -0.4 is 4.90 Å². The number of amides is 1. The lowest BCUT2D eigenvalue weighted by atomic mass is 10.0. The second-order valence-electron chi connectivity index (χ2n) is 8.94. The summed E-state index contributed by atoms with van der Waals surface area (Å²) >= 11 is 0. The maximum atomic E-state index is 13.1. The van der Waals surface area contributed by atoms with Crippen LogP contribution in [0.15, 0.2) is 18.5 Å². The number of rotatable bonds is 7. The molecule has 0 aromatic carbocycles. The van der Waals surface area contributed by atoms with Gasteiger partial charge in [-0.25, -0.2) is 9.97 Å². The Morgan fingerprint density at radius 2 is 2.03 bits per heavy atom. The molecule has 1 amide bonds. The fourth-order valence-electron chi connectivity index (χ4n) is 5.13. The molecule has 0 spiro atoms. The SMILES string of the molecule is O=C(C[C@H]1CCCO1)N1CCC[C@@H]1c1nn(CCO)cc1-c1ccnc(N2CCCC2)n1. The molecule has 9 heteroatoms. The van der Waals surface area contributed by atoms with Gasteiger partial charge in [0.05, 0.1) is 43.1 Å². The molecule has 0 bridgehead atoms. The quantitative estimate of drug-likeness (QED) is 0.705. The number of aromatic nitrogens is 4. The van der Waals surface area contributed by atoms with Crippen molar-refractivity contribution >= 4 is 11.9 Å². The van der Waals surface area contributed by atoms with Gasteiger partial charge in [0.15, 0.2) is 0 Å². The second kappa shape index (κ2) is 9.54. The largest absolute Gasteiger partial charge is 0.394 e. The first-order valence-corrected chi connectivity index (χ1v) is 11.9. The van der Waals surface area contributed by atoms with Crippen molar-refractivity contribution in [1.29, 1.82) is 0 Å². The van der Waals surface area contributed by atoms with Gasteiger partial charge in [-0.05, 0) is 44.6 Å². The molecule has 172 valence electrons. The molecule has 5 rings (SSSR count). The Morgan fingerprint density at radius 3 is 2.81 bits per heavy atom. The lowest BCUT2D eigenvalue weighted by molar-refractivity contribution is -0.134. The van der Waals surface area contributed by atoms with E-state index in [1.807, 2.05) is 17.2 Å². The molecule has 3 saturated heterocycles. The molecular weight excluding hydrogens is 408 g/mol. The van der Waals surface area contributed by atoms with E-state index in [4.69, 9.17) is 14.8 Å². The Labute approximate surface area is 188 Å².